The summed E-state index contributed by atoms with van der Waals surface area (Å²) in [5.41, 5.74) is 2.13. The first-order valence-corrected chi connectivity index (χ1v) is 9.90. The van der Waals surface area contributed by atoms with Gasteiger partial charge in [-0.3, -0.25) is 14.6 Å². The Balaban J connectivity index is 1.51. The lowest BCUT2D eigenvalue weighted by molar-refractivity contribution is 0.0891. The first-order chi connectivity index (χ1) is 13.6. The van der Waals surface area contributed by atoms with Gasteiger partial charge in [0.1, 0.15) is 5.69 Å². The molecular weight excluding hydrogens is 356 g/mol. The molecule has 1 aliphatic carbocycles. The summed E-state index contributed by atoms with van der Waals surface area (Å²) in [6.45, 7) is 2.03. The third-order valence-electron chi connectivity index (χ3n) is 5.39. The van der Waals surface area contributed by atoms with E-state index >= 15 is 0 Å². The second kappa shape index (κ2) is 8.14. The number of aromatic nitrogens is 2. The lowest BCUT2D eigenvalue weighted by Crippen LogP contribution is -2.33. The molecule has 1 amide bonds. The number of anilines is 1. The Hall–Kier alpha value is -2.67. The van der Waals surface area contributed by atoms with Crippen molar-refractivity contribution >= 4 is 11.9 Å². The lowest BCUT2D eigenvalue weighted by Gasteiger charge is -2.20. The maximum Gasteiger partial charge on any atom is 0.270 e. The Morgan fingerprint density at radius 1 is 1.29 bits per heavy atom. The average Bonchev–Trinajstić information content (AvgIpc) is 3.41. The molecule has 1 atom stereocenters. The molecule has 2 aliphatic rings. The number of amides is 1. The van der Waals surface area contributed by atoms with E-state index in [0.717, 1.165) is 31.5 Å². The van der Waals surface area contributed by atoms with Crippen molar-refractivity contribution in [2.24, 2.45) is 0 Å². The van der Waals surface area contributed by atoms with Crippen LogP contribution in [0.1, 0.15) is 59.3 Å². The van der Waals surface area contributed by atoms with E-state index in [1.807, 2.05) is 17.0 Å². The quantitative estimate of drug-likeness (QED) is 0.768. The number of ether oxygens (including phenoxy) is 1. The topological polar surface area (TPSA) is 87.3 Å². The largest absolute Gasteiger partial charge is 0.382 e. The molecule has 7 nitrogen and oxygen atoms in total. The Morgan fingerprint density at radius 2 is 2.00 bits per heavy atom. The number of hydrogen-bond donors (Lipinski definition) is 2. The Morgan fingerprint density at radius 3 is 2.64 bits per heavy atom. The van der Waals surface area contributed by atoms with Crippen LogP contribution in [0, 0.1) is 0 Å². The van der Waals surface area contributed by atoms with Gasteiger partial charge in [0.05, 0.1) is 12.6 Å². The molecular formula is C21H26N4O3. The molecule has 28 heavy (non-hydrogen) atoms. The van der Waals surface area contributed by atoms with Gasteiger partial charge in [-0.15, -0.1) is 0 Å². The van der Waals surface area contributed by atoms with Gasteiger partial charge in [0.25, 0.3) is 11.5 Å². The molecule has 4 rings (SSSR count). The van der Waals surface area contributed by atoms with Crippen molar-refractivity contribution in [1.82, 2.24) is 15.3 Å². The second-order valence-electron chi connectivity index (χ2n) is 7.57. The summed E-state index contributed by atoms with van der Waals surface area (Å²) in [5, 5.41) is 2.96. The van der Waals surface area contributed by atoms with Crippen molar-refractivity contribution < 1.29 is 9.53 Å². The molecule has 1 saturated carbocycles. The first kappa shape index (κ1) is 18.7. The highest BCUT2D eigenvalue weighted by atomic mass is 16.5. The monoisotopic (exact) mass is 382 g/mol. The number of nitrogens with one attached hydrogen (secondary N) is 2. The van der Waals surface area contributed by atoms with Crippen molar-refractivity contribution in [1.29, 1.82) is 0 Å². The third kappa shape index (κ3) is 4.25. The van der Waals surface area contributed by atoms with Crippen molar-refractivity contribution in [2.45, 2.75) is 37.6 Å². The van der Waals surface area contributed by atoms with Crippen LogP contribution in [0.4, 0.5) is 5.95 Å². The SMILES string of the molecule is COCC(NC(=O)c1cc(=O)[nH]c(N2CCCC2)n1)c1ccc(C2CC2)cc1. The van der Waals surface area contributed by atoms with Crippen LogP contribution in [0.15, 0.2) is 35.1 Å². The van der Waals surface area contributed by atoms with E-state index in [2.05, 4.69) is 27.4 Å². The summed E-state index contributed by atoms with van der Waals surface area (Å²) in [4.78, 5) is 34.0. The molecule has 1 aromatic heterocycles. The van der Waals surface area contributed by atoms with E-state index in [1.54, 1.807) is 7.11 Å². The highest BCUT2D eigenvalue weighted by Gasteiger charge is 2.24. The molecule has 1 unspecified atom stereocenters. The fourth-order valence-corrected chi connectivity index (χ4v) is 3.68. The predicted octanol–water partition coefficient (Wildman–Crippen LogP) is 2.37. The maximum atomic E-state index is 12.8. The zero-order valence-corrected chi connectivity index (χ0v) is 16.1. The minimum absolute atomic E-state index is 0.126. The van der Waals surface area contributed by atoms with Crippen molar-refractivity contribution in [3.63, 3.8) is 0 Å². The number of H-pyrrole nitrogens is 1. The number of carbonyl (C=O) groups is 1. The summed E-state index contributed by atoms with van der Waals surface area (Å²) in [6.07, 6.45) is 4.64. The maximum absolute atomic E-state index is 12.8. The van der Waals surface area contributed by atoms with Crippen LogP contribution in [0.3, 0.4) is 0 Å². The van der Waals surface area contributed by atoms with E-state index in [0.29, 0.717) is 18.5 Å². The van der Waals surface area contributed by atoms with Gasteiger partial charge in [0.15, 0.2) is 0 Å². The van der Waals surface area contributed by atoms with Crippen LogP contribution in [-0.2, 0) is 4.74 Å². The molecule has 2 N–H and O–H groups in total. The Labute approximate surface area is 164 Å². The minimum atomic E-state index is -0.375. The molecule has 148 valence electrons. The molecule has 2 fully saturated rings. The number of aromatic amines is 1. The summed E-state index contributed by atoms with van der Waals surface area (Å²) in [7, 11) is 1.61. The highest BCUT2D eigenvalue weighted by molar-refractivity contribution is 5.92. The van der Waals surface area contributed by atoms with Gasteiger partial charge in [-0.1, -0.05) is 24.3 Å². The van der Waals surface area contributed by atoms with Crippen LogP contribution in [0.5, 0.6) is 0 Å². The van der Waals surface area contributed by atoms with Crippen molar-refractivity contribution in [3.8, 4) is 0 Å². The number of benzene rings is 1. The lowest BCUT2D eigenvalue weighted by atomic mass is 10.0. The number of rotatable bonds is 7. The smallest absolute Gasteiger partial charge is 0.270 e. The van der Waals surface area contributed by atoms with E-state index in [9.17, 15) is 9.59 Å². The van der Waals surface area contributed by atoms with E-state index in [4.69, 9.17) is 4.74 Å². The van der Waals surface area contributed by atoms with Gasteiger partial charge in [-0.2, -0.15) is 0 Å². The molecule has 1 saturated heterocycles. The zero-order valence-electron chi connectivity index (χ0n) is 16.1. The van der Waals surface area contributed by atoms with E-state index in [-0.39, 0.29) is 23.2 Å². The molecule has 2 aromatic rings. The Bertz CT molecular complexity index is 883. The summed E-state index contributed by atoms with van der Waals surface area (Å²) in [5.74, 6) is 0.779. The van der Waals surface area contributed by atoms with E-state index < -0.39 is 0 Å². The molecule has 7 heteroatoms. The number of hydrogen-bond acceptors (Lipinski definition) is 5. The van der Waals surface area contributed by atoms with Gasteiger partial charge in [-0.25, -0.2) is 4.98 Å². The number of nitrogens with zero attached hydrogens (tertiary/aromatic N) is 2. The summed E-state index contributed by atoms with van der Waals surface area (Å²) >= 11 is 0. The minimum Gasteiger partial charge on any atom is -0.382 e. The van der Waals surface area contributed by atoms with Crippen LogP contribution >= 0.6 is 0 Å². The number of methoxy groups -OCH3 is 1. The van der Waals surface area contributed by atoms with Crippen LogP contribution < -0.4 is 15.8 Å². The summed E-state index contributed by atoms with van der Waals surface area (Å²) in [6, 6.07) is 9.27. The molecule has 2 heterocycles. The van der Waals surface area contributed by atoms with Crippen molar-refractivity contribution in [2.75, 3.05) is 31.7 Å². The van der Waals surface area contributed by atoms with Crippen LogP contribution in [-0.4, -0.2) is 42.7 Å². The van der Waals surface area contributed by atoms with Gasteiger partial charge >= 0.3 is 0 Å². The van der Waals surface area contributed by atoms with Gasteiger partial charge < -0.3 is 15.0 Å². The van der Waals surface area contributed by atoms with E-state index in [1.165, 1.54) is 24.5 Å². The third-order valence-corrected chi connectivity index (χ3v) is 5.39. The predicted molar refractivity (Wildman–Crippen MR) is 107 cm³/mol. The highest BCUT2D eigenvalue weighted by Crippen LogP contribution is 2.40. The summed E-state index contributed by atoms with van der Waals surface area (Å²) < 4.78 is 5.30. The molecule has 1 aliphatic heterocycles. The standard InChI is InChI=1S/C21H26N4O3/c1-28-13-18(16-8-6-15(7-9-16)14-4-5-14)22-20(27)17-12-19(26)24-21(23-17)25-10-2-3-11-25/h6-9,12,14,18H,2-5,10-11,13H2,1H3,(H,22,27)(H,23,24,26). The molecule has 0 radical (unpaired) electrons. The second-order valence-corrected chi connectivity index (χ2v) is 7.57. The fraction of sp³-hybridized carbons (Fsp3) is 0.476. The van der Waals surface area contributed by atoms with Gasteiger partial charge in [-0.05, 0) is 42.7 Å². The van der Waals surface area contributed by atoms with Crippen LogP contribution in [0.2, 0.25) is 0 Å². The molecule has 1 aromatic carbocycles. The Kier molecular flexibility index (Phi) is 5.43. The van der Waals surface area contributed by atoms with Crippen LogP contribution in [0.25, 0.3) is 0 Å². The molecule has 0 spiro atoms. The average molecular weight is 382 g/mol. The first-order valence-electron chi connectivity index (χ1n) is 9.90. The van der Waals surface area contributed by atoms with Gasteiger partial charge in [0.2, 0.25) is 5.95 Å². The normalized spacial score (nSPS) is 17.5. The van der Waals surface area contributed by atoms with Crippen molar-refractivity contribution in [3.05, 3.63) is 57.5 Å². The number of carbonyl (C=O) groups excluding carboxylic acids is 1. The molecule has 0 bridgehead atoms. The van der Waals surface area contributed by atoms with Gasteiger partial charge in [0, 0.05) is 26.3 Å². The fourth-order valence-electron chi connectivity index (χ4n) is 3.68. The zero-order chi connectivity index (χ0) is 19.5.